The van der Waals surface area contributed by atoms with Gasteiger partial charge in [-0.25, -0.2) is 0 Å². The minimum absolute atomic E-state index is 0.0544. The van der Waals surface area contributed by atoms with Gasteiger partial charge in [-0.3, -0.25) is 24.6 Å². The van der Waals surface area contributed by atoms with Crippen molar-refractivity contribution in [2.45, 2.75) is 6.92 Å². The minimum atomic E-state index is -0.653. The maximum absolute atomic E-state index is 12.1. The molecule has 1 unspecified atom stereocenters. The molecule has 0 radical (unpaired) electrons. The van der Waals surface area contributed by atoms with Crippen molar-refractivity contribution in [2.75, 3.05) is 13.1 Å². The molecule has 0 saturated heterocycles. The Labute approximate surface area is 109 Å². The third-order valence-corrected chi connectivity index (χ3v) is 3.07. The Balaban J connectivity index is 2.44. The van der Waals surface area contributed by atoms with E-state index in [1.807, 2.05) is 0 Å². The molecule has 0 aromatic heterocycles. The highest BCUT2D eigenvalue weighted by Crippen LogP contribution is 2.30. The van der Waals surface area contributed by atoms with Gasteiger partial charge >= 0.3 is 0 Å². The first-order valence-corrected chi connectivity index (χ1v) is 5.81. The summed E-state index contributed by atoms with van der Waals surface area (Å²) in [5.74, 6) is -1.17. The lowest BCUT2D eigenvalue weighted by molar-refractivity contribution is -0.385. The first kappa shape index (κ1) is 13.2. The molecular weight excluding hydrogens is 250 g/mol. The maximum Gasteiger partial charge on any atom is 0.282 e. The topological polar surface area (TPSA) is 107 Å². The SMILES string of the molecule is CC(CN)CN1C(=O)c2cccc([N+](=O)[O-])c2C1=O. The van der Waals surface area contributed by atoms with Gasteiger partial charge in [0.1, 0.15) is 5.56 Å². The van der Waals surface area contributed by atoms with Gasteiger partial charge in [0.25, 0.3) is 17.5 Å². The third kappa shape index (κ3) is 2.08. The molecule has 0 bridgehead atoms. The average Bonchev–Trinajstić information content (AvgIpc) is 2.63. The largest absolute Gasteiger partial charge is 0.330 e. The Bertz CT molecular complexity index is 570. The van der Waals surface area contributed by atoms with E-state index in [-0.39, 0.29) is 29.3 Å². The zero-order valence-electron chi connectivity index (χ0n) is 10.3. The van der Waals surface area contributed by atoms with Crippen LogP contribution in [0, 0.1) is 16.0 Å². The van der Waals surface area contributed by atoms with Gasteiger partial charge in [0, 0.05) is 12.6 Å². The predicted molar refractivity (Wildman–Crippen MR) is 66.7 cm³/mol. The molecule has 1 atom stereocenters. The number of rotatable bonds is 4. The molecule has 2 N–H and O–H groups in total. The zero-order valence-corrected chi connectivity index (χ0v) is 10.3. The molecule has 1 aliphatic rings. The molecule has 100 valence electrons. The van der Waals surface area contributed by atoms with Gasteiger partial charge in [0.05, 0.1) is 10.5 Å². The number of hydrogen-bond acceptors (Lipinski definition) is 5. The van der Waals surface area contributed by atoms with Crippen LogP contribution >= 0.6 is 0 Å². The summed E-state index contributed by atoms with van der Waals surface area (Å²) < 4.78 is 0. The van der Waals surface area contributed by atoms with Gasteiger partial charge in [0.2, 0.25) is 0 Å². The zero-order chi connectivity index (χ0) is 14.2. The van der Waals surface area contributed by atoms with Gasteiger partial charge in [-0.2, -0.15) is 0 Å². The van der Waals surface area contributed by atoms with Crippen molar-refractivity contribution in [3.63, 3.8) is 0 Å². The Morgan fingerprint density at radius 1 is 1.37 bits per heavy atom. The summed E-state index contributed by atoms with van der Waals surface area (Å²) in [5, 5.41) is 10.9. The van der Waals surface area contributed by atoms with Gasteiger partial charge in [-0.1, -0.05) is 13.0 Å². The van der Waals surface area contributed by atoms with Crippen molar-refractivity contribution < 1.29 is 14.5 Å². The Hall–Kier alpha value is -2.28. The molecule has 1 aromatic carbocycles. The van der Waals surface area contributed by atoms with Crippen LogP contribution < -0.4 is 5.73 Å². The molecule has 1 aromatic rings. The van der Waals surface area contributed by atoms with E-state index < -0.39 is 16.7 Å². The average molecular weight is 263 g/mol. The monoisotopic (exact) mass is 263 g/mol. The molecule has 7 nitrogen and oxygen atoms in total. The standard InChI is InChI=1S/C12H13N3O4/c1-7(5-13)6-14-11(16)8-3-2-4-9(15(18)19)10(8)12(14)17/h2-4,7H,5-6,13H2,1H3. The van der Waals surface area contributed by atoms with Crippen LogP contribution in [0.15, 0.2) is 18.2 Å². The van der Waals surface area contributed by atoms with Crippen LogP contribution in [0.3, 0.4) is 0 Å². The van der Waals surface area contributed by atoms with Gasteiger partial charge < -0.3 is 5.73 Å². The highest BCUT2D eigenvalue weighted by molar-refractivity contribution is 6.23. The number of imide groups is 1. The lowest BCUT2D eigenvalue weighted by Crippen LogP contribution is -2.36. The molecule has 7 heteroatoms. The van der Waals surface area contributed by atoms with Crippen molar-refractivity contribution in [2.24, 2.45) is 11.7 Å². The van der Waals surface area contributed by atoms with E-state index in [9.17, 15) is 19.7 Å². The minimum Gasteiger partial charge on any atom is -0.330 e. The Morgan fingerprint density at radius 3 is 2.63 bits per heavy atom. The number of benzene rings is 1. The molecule has 0 aliphatic carbocycles. The van der Waals surface area contributed by atoms with Crippen LogP contribution in [0.5, 0.6) is 0 Å². The molecule has 19 heavy (non-hydrogen) atoms. The molecular formula is C12H13N3O4. The second-order valence-corrected chi connectivity index (χ2v) is 4.52. The van der Waals surface area contributed by atoms with E-state index in [4.69, 9.17) is 5.73 Å². The Morgan fingerprint density at radius 2 is 2.05 bits per heavy atom. The van der Waals surface area contributed by atoms with Crippen molar-refractivity contribution >= 4 is 17.5 Å². The number of nitrogens with two attached hydrogens (primary N) is 1. The number of nitro benzene ring substituents is 1. The molecule has 1 aliphatic heterocycles. The van der Waals surface area contributed by atoms with Crippen LogP contribution in [0.1, 0.15) is 27.6 Å². The summed E-state index contributed by atoms with van der Waals surface area (Å²) in [6, 6.07) is 4.05. The number of nitro groups is 1. The number of fused-ring (bicyclic) bond motifs is 1. The van der Waals surface area contributed by atoms with Crippen LogP contribution in [0.25, 0.3) is 0 Å². The quantitative estimate of drug-likeness (QED) is 0.491. The molecule has 0 saturated carbocycles. The predicted octanol–water partition coefficient (Wildman–Crippen LogP) is 0.786. The summed E-state index contributed by atoms with van der Waals surface area (Å²) in [6.07, 6.45) is 0. The van der Waals surface area contributed by atoms with E-state index in [0.717, 1.165) is 4.90 Å². The highest BCUT2D eigenvalue weighted by Gasteiger charge is 2.40. The maximum atomic E-state index is 12.1. The smallest absolute Gasteiger partial charge is 0.282 e. The summed E-state index contributed by atoms with van der Waals surface area (Å²) in [6.45, 7) is 2.30. The first-order valence-electron chi connectivity index (χ1n) is 5.81. The van der Waals surface area contributed by atoms with Gasteiger partial charge in [-0.15, -0.1) is 0 Å². The van der Waals surface area contributed by atoms with Crippen molar-refractivity contribution in [3.05, 3.63) is 39.4 Å². The summed E-state index contributed by atoms with van der Waals surface area (Å²) in [7, 11) is 0. The fourth-order valence-electron chi connectivity index (χ4n) is 2.02. The van der Waals surface area contributed by atoms with Crippen molar-refractivity contribution in [1.82, 2.24) is 4.90 Å². The van der Waals surface area contributed by atoms with E-state index >= 15 is 0 Å². The third-order valence-electron chi connectivity index (χ3n) is 3.07. The first-order chi connectivity index (χ1) is 8.97. The summed E-state index contributed by atoms with van der Waals surface area (Å²) in [5.41, 5.74) is 5.10. The normalized spacial score (nSPS) is 15.6. The lowest BCUT2D eigenvalue weighted by atomic mass is 10.1. The van der Waals surface area contributed by atoms with Crippen molar-refractivity contribution in [3.8, 4) is 0 Å². The number of carbonyl (C=O) groups is 2. The molecule has 1 heterocycles. The second kappa shape index (κ2) is 4.77. The molecule has 2 rings (SSSR count). The van der Waals surface area contributed by atoms with Crippen LogP contribution in [-0.2, 0) is 0 Å². The van der Waals surface area contributed by atoms with Crippen LogP contribution in [0.2, 0.25) is 0 Å². The lowest BCUT2D eigenvalue weighted by Gasteiger charge is -2.17. The molecule has 0 spiro atoms. The molecule has 0 fully saturated rings. The number of hydrogen-bond donors (Lipinski definition) is 1. The highest BCUT2D eigenvalue weighted by atomic mass is 16.6. The van der Waals surface area contributed by atoms with E-state index in [1.54, 1.807) is 6.92 Å². The van der Waals surface area contributed by atoms with Crippen LogP contribution in [-0.4, -0.2) is 34.7 Å². The summed E-state index contributed by atoms with van der Waals surface area (Å²) in [4.78, 5) is 35.5. The van der Waals surface area contributed by atoms with Crippen LogP contribution in [0.4, 0.5) is 5.69 Å². The van der Waals surface area contributed by atoms with Gasteiger partial charge in [-0.05, 0) is 18.5 Å². The van der Waals surface area contributed by atoms with Gasteiger partial charge in [0.15, 0.2) is 0 Å². The van der Waals surface area contributed by atoms with E-state index in [1.165, 1.54) is 18.2 Å². The summed E-state index contributed by atoms with van der Waals surface area (Å²) >= 11 is 0. The Kier molecular flexibility index (Phi) is 3.30. The second-order valence-electron chi connectivity index (χ2n) is 4.52. The van der Waals surface area contributed by atoms with E-state index in [0.29, 0.717) is 6.54 Å². The fourth-order valence-corrected chi connectivity index (χ4v) is 2.02. The number of amides is 2. The fraction of sp³-hybridized carbons (Fsp3) is 0.333. The van der Waals surface area contributed by atoms with E-state index in [2.05, 4.69) is 0 Å². The molecule has 2 amide bonds. The van der Waals surface area contributed by atoms with Crippen molar-refractivity contribution in [1.29, 1.82) is 0 Å². The number of carbonyl (C=O) groups excluding carboxylic acids is 2. The number of nitrogens with zero attached hydrogens (tertiary/aromatic N) is 2.